The SMILES string of the molecule is CN1CCN(c2ccc(-n3c(=O)n(C)c4cnc5ccc(-c6cnc7ccccc7c6)cc5c43)c(Cl)c2)CC1. The van der Waals surface area contributed by atoms with E-state index in [1.54, 1.807) is 22.4 Å². The highest BCUT2D eigenvalue weighted by molar-refractivity contribution is 6.32. The predicted octanol–water partition coefficient (Wildman–Crippen LogP) is 5.50. The number of fused-ring (bicyclic) bond motifs is 4. The molecule has 6 aromatic rings. The molecule has 0 radical (unpaired) electrons. The minimum atomic E-state index is -0.161. The van der Waals surface area contributed by atoms with Crippen LogP contribution < -0.4 is 10.6 Å². The molecule has 1 aliphatic rings. The summed E-state index contributed by atoms with van der Waals surface area (Å²) in [7, 11) is 3.92. The third-order valence-electron chi connectivity index (χ3n) is 7.85. The molecule has 0 N–H and O–H groups in total. The van der Waals surface area contributed by atoms with Crippen molar-refractivity contribution in [3.8, 4) is 16.8 Å². The number of imidazole rings is 1. The van der Waals surface area contributed by atoms with Gasteiger partial charge in [-0.3, -0.25) is 19.1 Å². The van der Waals surface area contributed by atoms with Gasteiger partial charge < -0.3 is 9.80 Å². The molecule has 7 rings (SSSR count). The van der Waals surface area contributed by atoms with Crippen LogP contribution >= 0.6 is 11.6 Å². The lowest BCUT2D eigenvalue weighted by Gasteiger charge is -2.34. The number of aromatic nitrogens is 4. The van der Waals surface area contributed by atoms with Crippen LogP contribution in [0.4, 0.5) is 5.69 Å². The number of hydrogen-bond donors (Lipinski definition) is 0. The van der Waals surface area contributed by atoms with E-state index < -0.39 is 0 Å². The summed E-state index contributed by atoms with van der Waals surface area (Å²) in [5, 5.41) is 2.51. The molecule has 0 aliphatic carbocycles. The maximum atomic E-state index is 13.6. The number of hydrogen-bond acceptors (Lipinski definition) is 5. The molecular weight excluding hydrogens is 508 g/mol. The Bertz CT molecular complexity index is 1950. The minimum Gasteiger partial charge on any atom is -0.369 e. The summed E-state index contributed by atoms with van der Waals surface area (Å²) in [5.74, 6) is 0. The molecule has 0 saturated carbocycles. The van der Waals surface area contributed by atoms with Crippen molar-refractivity contribution >= 4 is 50.1 Å². The second kappa shape index (κ2) is 9.22. The second-order valence-corrected chi connectivity index (χ2v) is 10.7. The summed E-state index contributed by atoms with van der Waals surface area (Å²) < 4.78 is 3.36. The maximum Gasteiger partial charge on any atom is 0.333 e. The molecule has 0 bridgehead atoms. The second-order valence-electron chi connectivity index (χ2n) is 10.2. The molecule has 0 amide bonds. The van der Waals surface area contributed by atoms with Gasteiger partial charge in [-0.1, -0.05) is 35.9 Å². The molecule has 1 fully saturated rings. The number of piperazine rings is 1. The van der Waals surface area contributed by atoms with E-state index in [0.717, 1.165) is 75.8 Å². The summed E-state index contributed by atoms with van der Waals surface area (Å²) in [4.78, 5) is 27.6. The first-order valence-corrected chi connectivity index (χ1v) is 13.4. The standard InChI is InChI=1S/C31H27ClN6O/c1-35-11-13-37(14-12-35)23-8-10-28(25(32)17-23)38-30-24-16-20(22-15-21-5-3-4-6-26(21)33-18-22)7-9-27(24)34-19-29(30)36(2)31(38)39/h3-10,15-19H,11-14H2,1-2H3. The van der Waals surface area contributed by atoms with E-state index in [-0.39, 0.29) is 5.69 Å². The van der Waals surface area contributed by atoms with Gasteiger partial charge in [0.1, 0.15) is 0 Å². The van der Waals surface area contributed by atoms with Gasteiger partial charge in [0.15, 0.2) is 0 Å². The van der Waals surface area contributed by atoms with E-state index in [4.69, 9.17) is 11.6 Å². The van der Waals surface area contributed by atoms with Crippen molar-refractivity contribution < 1.29 is 0 Å². The largest absolute Gasteiger partial charge is 0.369 e. The molecule has 4 heterocycles. The number of likely N-dealkylation sites (N-methyl/N-ethyl adjacent to an activating group) is 1. The van der Waals surface area contributed by atoms with E-state index in [1.165, 1.54) is 0 Å². The Hall–Kier alpha value is -4.20. The van der Waals surface area contributed by atoms with E-state index in [2.05, 4.69) is 57.1 Å². The van der Waals surface area contributed by atoms with Crippen LogP contribution in [-0.4, -0.2) is 57.2 Å². The van der Waals surface area contributed by atoms with Gasteiger partial charge >= 0.3 is 5.69 Å². The third kappa shape index (κ3) is 3.97. The average molecular weight is 535 g/mol. The van der Waals surface area contributed by atoms with Crippen LogP contribution in [0.5, 0.6) is 0 Å². The molecule has 0 unspecified atom stereocenters. The molecule has 7 nitrogen and oxygen atoms in total. The summed E-state index contributed by atoms with van der Waals surface area (Å²) in [5.41, 5.74) is 6.89. The van der Waals surface area contributed by atoms with E-state index in [9.17, 15) is 4.79 Å². The number of para-hydroxylation sites is 1. The van der Waals surface area contributed by atoms with Crippen molar-refractivity contribution in [2.24, 2.45) is 7.05 Å². The van der Waals surface area contributed by atoms with Gasteiger partial charge in [-0.25, -0.2) is 4.79 Å². The summed E-state index contributed by atoms with van der Waals surface area (Å²) in [6.07, 6.45) is 3.66. The Morgan fingerprint density at radius 3 is 2.41 bits per heavy atom. The van der Waals surface area contributed by atoms with Crippen LogP contribution in [0.25, 0.3) is 49.7 Å². The van der Waals surface area contributed by atoms with Crippen molar-refractivity contribution in [1.29, 1.82) is 0 Å². The van der Waals surface area contributed by atoms with Gasteiger partial charge in [0.2, 0.25) is 0 Å². The highest BCUT2D eigenvalue weighted by Crippen LogP contribution is 2.33. The predicted molar refractivity (Wildman–Crippen MR) is 159 cm³/mol. The number of nitrogens with zero attached hydrogens (tertiary/aromatic N) is 6. The van der Waals surface area contributed by atoms with Crippen molar-refractivity contribution in [2.45, 2.75) is 0 Å². The Labute approximate surface area is 230 Å². The Morgan fingerprint density at radius 2 is 1.59 bits per heavy atom. The Morgan fingerprint density at radius 1 is 0.795 bits per heavy atom. The smallest absolute Gasteiger partial charge is 0.333 e. The average Bonchev–Trinajstić information content (AvgIpc) is 3.22. The van der Waals surface area contributed by atoms with Crippen LogP contribution in [0.2, 0.25) is 5.02 Å². The van der Waals surface area contributed by atoms with Crippen LogP contribution in [0.1, 0.15) is 0 Å². The third-order valence-corrected chi connectivity index (χ3v) is 8.15. The number of pyridine rings is 2. The van der Waals surface area contributed by atoms with Gasteiger partial charge in [0.25, 0.3) is 0 Å². The van der Waals surface area contributed by atoms with Gasteiger partial charge in [-0.15, -0.1) is 0 Å². The van der Waals surface area contributed by atoms with Crippen LogP contribution in [0.15, 0.2) is 83.9 Å². The zero-order valence-electron chi connectivity index (χ0n) is 21.8. The molecule has 8 heteroatoms. The molecule has 0 spiro atoms. The fourth-order valence-corrected chi connectivity index (χ4v) is 5.83. The molecule has 39 heavy (non-hydrogen) atoms. The minimum absolute atomic E-state index is 0.161. The zero-order valence-corrected chi connectivity index (χ0v) is 22.6. The van der Waals surface area contributed by atoms with Crippen LogP contribution in [0, 0.1) is 0 Å². The number of aryl methyl sites for hydroxylation is 1. The summed E-state index contributed by atoms with van der Waals surface area (Å²) >= 11 is 6.90. The monoisotopic (exact) mass is 534 g/mol. The first kappa shape index (κ1) is 23.9. The van der Waals surface area contributed by atoms with Crippen molar-refractivity contribution in [1.82, 2.24) is 24.0 Å². The van der Waals surface area contributed by atoms with Crippen molar-refractivity contribution in [3.05, 3.63) is 94.6 Å². The highest BCUT2D eigenvalue weighted by atomic mass is 35.5. The summed E-state index contributed by atoms with van der Waals surface area (Å²) in [6, 6.07) is 22.4. The number of benzene rings is 3. The van der Waals surface area contributed by atoms with Gasteiger partial charge in [0, 0.05) is 61.4 Å². The number of halogens is 1. The van der Waals surface area contributed by atoms with E-state index in [1.807, 2.05) is 42.6 Å². The van der Waals surface area contributed by atoms with E-state index >= 15 is 0 Å². The molecule has 3 aromatic heterocycles. The molecule has 1 saturated heterocycles. The lowest BCUT2D eigenvalue weighted by atomic mass is 10.0. The van der Waals surface area contributed by atoms with Gasteiger partial charge in [0.05, 0.1) is 39.0 Å². The van der Waals surface area contributed by atoms with Gasteiger partial charge in [-0.05, 0) is 55.1 Å². The molecule has 194 valence electrons. The van der Waals surface area contributed by atoms with Crippen LogP contribution in [-0.2, 0) is 7.05 Å². The lowest BCUT2D eigenvalue weighted by Crippen LogP contribution is -2.44. The first-order chi connectivity index (χ1) is 19.0. The Kier molecular flexibility index (Phi) is 5.65. The molecule has 0 atom stereocenters. The first-order valence-electron chi connectivity index (χ1n) is 13.1. The molecule has 3 aromatic carbocycles. The quantitative estimate of drug-likeness (QED) is 0.300. The maximum absolute atomic E-state index is 13.6. The fourth-order valence-electron chi connectivity index (χ4n) is 5.57. The highest BCUT2D eigenvalue weighted by Gasteiger charge is 2.20. The number of rotatable bonds is 3. The van der Waals surface area contributed by atoms with Crippen molar-refractivity contribution in [3.63, 3.8) is 0 Å². The molecule has 1 aliphatic heterocycles. The normalized spacial score (nSPS) is 14.6. The molecular formula is C31H27ClN6O. The fraction of sp³-hybridized carbons (Fsp3) is 0.194. The topological polar surface area (TPSA) is 59.2 Å². The number of anilines is 1. The Balaban J connectivity index is 1.40. The zero-order chi connectivity index (χ0) is 26.7. The van der Waals surface area contributed by atoms with Gasteiger partial charge in [-0.2, -0.15) is 0 Å². The van der Waals surface area contributed by atoms with E-state index in [0.29, 0.717) is 10.7 Å². The van der Waals surface area contributed by atoms with Crippen molar-refractivity contribution in [2.75, 3.05) is 38.1 Å². The van der Waals surface area contributed by atoms with Crippen LogP contribution in [0.3, 0.4) is 0 Å². The lowest BCUT2D eigenvalue weighted by molar-refractivity contribution is 0.313. The summed E-state index contributed by atoms with van der Waals surface area (Å²) in [6.45, 7) is 3.92.